The Bertz CT molecular complexity index is 660. The van der Waals surface area contributed by atoms with E-state index in [1.165, 1.54) is 0 Å². The van der Waals surface area contributed by atoms with E-state index in [-0.39, 0.29) is 11.7 Å². The Balaban J connectivity index is 1.93. The maximum absolute atomic E-state index is 11.2. The Kier molecular flexibility index (Phi) is 5.37. The molecule has 2 aromatic rings. The Morgan fingerprint density at radius 1 is 1.18 bits per heavy atom. The van der Waals surface area contributed by atoms with Crippen molar-refractivity contribution in [2.24, 2.45) is 0 Å². The van der Waals surface area contributed by atoms with Gasteiger partial charge in [0.25, 0.3) is 0 Å². The fourth-order valence-corrected chi connectivity index (χ4v) is 2.16. The molecule has 0 bridgehead atoms. The third kappa shape index (κ3) is 4.22. The van der Waals surface area contributed by atoms with Crippen LogP contribution >= 0.6 is 0 Å². The third-order valence-electron chi connectivity index (χ3n) is 3.34. The number of hydrogen-bond donors (Lipinski definition) is 1. The highest BCUT2D eigenvalue weighted by atomic mass is 16.5. The molecule has 0 aliphatic carbocycles. The van der Waals surface area contributed by atoms with Crippen LogP contribution in [-0.4, -0.2) is 17.7 Å². The molecule has 0 amide bonds. The highest BCUT2D eigenvalue weighted by Gasteiger charge is 2.06. The van der Waals surface area contributed by atoms with Crippen molar-refractivity contribution in [3.8, 4) is 16.9 Å². The molecule has 0 saturated heterocycles. The summed E-state index contributed by atoms with van der Waals surface area (Å²) in [6.07, 6.45) is 1.45. The smallest absolute Gasteiger partial charge is 0.333 e. The van der Waals surface area contributed by atoms with Crippen molar-refractivity contribution in [3.63, 3.8) is 0 Å². The number of phenols is 1. The summed E-state index contributed by atoms with van der Waals surface area (Å²) in [5, 5.41) is 10.2. The molecule has 2 rings (SSSR count). The second-order valence-electron chi connectivity index (χ2n) is 5.24. The predicted molar refractivity (Wildman–Crippen MR) is 87.6 cm³/mol. The molecule has 2 aromatic carbocycles. The highest BCUT2D eigenvalue weighted by molar-refractivity contribution is 5.86. The molecule has 22 heavy (non-hydrogen) atoms. The summed E-state index contributed by atoms with van der Waals surface area (Å²) in [5.41, 5.74) is 3.23. The molecule has 0 atom stereocenters. The van der Waals surface area contributed by atoms with Crippen molar-refractivity contribution in [1.29, 1.82) is 0 Å². The maximum Gasteiger partial charge on any atom is 0.333 e. The van der Waals surface area contributed by atoms with Crippen LogP contribution in [0.1, 0.15) is 18.9 Å². The van der Waals surface area contributed by atoms with E-state index < -0.39 is 0 Å². The fraction of sp³-hybridized carbons (Fsp3) is 0.211. The Labute approximate surface area is 130 Å². The van der Waals surface area contributed by atoms with E-state index in [1.807, 2.05) is 42.5 Å². The van der Waals surface area contributed by atoms with E-state index in [0.717, 1.165) is 23.1 Å². The molecule has 0 spiro atoms. The lowest BCUT2D eigenvalue weighted by Crippen LogP contribution is -2.06. The quantitative estimate of drug-likeness (QED) is 0.495. The first kappa shape index (κ1) is 15.8. The molecule has 0 saturated carbocycles. The van der Waals surface area contributed by atoms with Crippen LogP contribution in [0.2, 0.25) is 0 Å². The van der Waals surface area contributed by atoms with Crippen molar-refractivity contribution < 1.29 is 14.6 Å². The number of aryl methyl sites for hydroxylation is 1. The first-order valence-corrected chi connectivity index (χ1v) is 7.28. The van der Waals surface area contributed by atoms with Gasteiger partial charge in [-0.05, 0) is 37.0 Å². The van der Waals surface area contributed by atoms with Gasteiger partial charge < -0.3 is 9.84 Å². The van der Waals surface area contributed by atoms with Crippen LogP contribution in [0.4, 0.5) is 0 Å². The molecule has 3 heteroatoms. The molecule has 114 valence electrons. The SMILES string of the molecule is C=C(C)C(=O)OCCCc1ccc(-c2ccccc2)c(O)c1. The zero-order valence-electron chi connectivity index (χ0n) is 12.7. The predicted octanol–water partition coefficient (Wildman–Crippen LogP) is 4.11. The number of benzene rings is 2. The summed E-state index contributed by atoms with van der Waals surface area (Å²) in [7, 11) is 0. The van der Waals surface area contributed by atoms with Crippen LogP contribution in [0.15, 0.2) is 60.7 Å². The van der Waals surface area contributed by atoms with Gasteiger partial charge in [-0.2, -0.15) is 0 Å². The van der Waals surface area contributed by atoms with Crippen molar-refractivity contribution >= 4 is 5.97 Å². The highest BCUT2D eigenvalue weighted by Crippen LogP contribution is 2.29. The van der Waals surface area contributed by atoms with Gasteiger partial charge in [-0.25, -0.2) is 4.79 Å². The molecule has 0 aromatic heterocycles. The van der Waals surface area contributed by atoms with Gasteiger partial charge >= 0.3 is 5.97 Å². The lowest BCUT2D eigenvalue weighted by atomic mass is 10.0. The molecule has 0 aliphatic rings. The zero-order chi connectivity index (χ0) is 15.9. The zero-order valence-corrected chi connectivity index (χ0v) is 12.7. The van der Waals surface area contributed by atoms with E-state index in [4.69, 9.17) is 4.74 Å². The molecule has 0 unspecified atom stereocenters. The van der Waals surface area contributed by atoms with Crippen molar-refractivity contribution in [1.82, 2.24) is 0 Å². The molecular formula is C19H20O3. The van der Waals surface area contributed by atoms with Crippen molar-refractivity contribution in [2.45, 2.75) is 19.8 Å². The minimum atomic E-state index is -0.359. The Morgan fingerprint density at radius 3 is 2.55 bits per heavy atom. The number of hydrogen-bond acceptors (Lipinski definition) is 3. The van der Waals surface area contributed by atoms with E-state index in [1.54, 1.807) is 13.0 Å². The summed E-state index contributed by atoms with van der Waals surface area (Å²) < 4.78 is 5.05. The molecule has 0 aliphatic heterocycles. The van der Waals surface area contributed by atoms with Gasteiger partial charge in [0.15, 0.2) is 0 Å². The topological polar surface area (TPSA) is 46.5 Å². The monoisotopic (exact) mass is 296 g/mol. The number of carbonyl (C=O) groups excluding carboxylic acids is 1. The van der Waals surface area contributed by atoms with Crippen LogP contribution in [0, 0.1) is 0 Å². The van der Waals surface area contributed by atoms with E-state index in [0.29, 0.717) is 18.6 Å². The summed E-state index contributed by atoms with van der Waals surface area (Å²) in [5.74, 6) is -0.0927. The van der Waals surface area contributed by atoms with E-state index >= 15 is 0 Å². The standard InChI is InChI=1S/C19H20O3/c1-14(2)19(21)22-12-6-7-15-10-11-17(18(20)13-15)16-8-4-3-5-9-16/h3-5,8-11,13,20H,1,6-7,12H2,2H3. The Hall–Kier alpha value is -2.55. The number of aromatic hydroxyl groups is 1. The first-order chi connectivity index (χ1) is 10.6. The van der Waals surface area contributed by atoms with Gasteiger partial charge in [-0.3, -0.25) is 0 Å². The third-order valence-corrected chi connectivity index (χ3v) is 3.34. The average molecular weight is 296 g/mol. The summed E-state index contributed by atoms with van der Waals surface area (Å²) >= 11 is 0. The second-order valence-corrected chi connectivity index (χ2v) is 5.24. The second kappa shape index (κ2) is 7.46. The normalized spacial score (nSPS) is 10.2. The largest absolute Gasteiger partial charge is 0.507 e. The van der Waals surface area contributed by atoms with Crippen molar-refractivity contribution in [3.05, 3.63) is 66.2 Å². The molecule has 1 N–H and O–H groups in total. The lowest BCUT2D eigenvalue weighted by molar-refractivity contribution is -0.139. The minimum absolute atomic E-state index is 0.266. The number of phenolic OH excluding ortho intramolecular Hbond substituents is 1. The van der Waals surface area contributed by atoms with Crippen LogP contribution in [0.25, 0.3) is 11.1 Å². The van der Waals surface area contributed by atoms with Gasteiger partial charge in [-0.15, -0.1) is 0 Å². The number of rotatable bonds is 6. The van der Waals surface area contributed by atoms with Gasteiger partial charge in [0.05, 0.1) is 6.61 Å². The van der Waals surface area contributed by atoms with Gasteiger partial charge in [0, 0.05) is 11.1 Å². The van der Waals surface area contributed by atoms with Gasteiger partial charge in [0.2, 0.25) is 0 Å². The number of ether oxygens (including phenoxy) is 1. The van der Waals surface area contributed by atoms with Gasteiger partial charge in [0.1, 0.15) is 5.75 Å². The maximum atomic E-state index is 11.2. The Morgan fingerprint density at radius 2 is 1.91 bits per heavy atom. The first-order valence-electron chi connectivity index (χ1n) is 7.28. The van der Waals surface area contributed by atoms with Crippen LogP contribution in [-0.2, 0) is 16.0 Å². The van der Waals surface area contributed by atoms with Crippen molar-refractivity contribution in [2.75, 3.05) is 6.61 Å². The number of carbonyl (C=O) groups is 1. The number of esters is 1. The van der Waals surface area contributed by atoms with Crippen LogP contribution in [0.3, 0.4) is 0 Å². The van der Waals surface area contributed by atoms with E-state index in [9.17, 15) is 9.90 Å². The molecule has 0 heterocycles. The van der Waals surface area contributed by atoms with Crippen LogP contribution < -0.4 is 0 Å². The summed E-state index contributed by atoms with van der Waals surface area (Å²) in [4.78, 5) is 11.2. The fourth-order valence-electron chi connectivity index (χ4n) is 2.16. The summed E-state index contributed by atoms with van der Waals surface area (Å²) in [6, 6.07) is 15.4. The van der Waals surface area contributed by atoms with Crippen LogP contribution in [0.5, 0.6) is 5.75 Å². The molecular weight excluding hydrogens is 276 g/mol. The molecule has 0 fully saturated rings. The lowest BCUT2D eigenvalue weighted by Gasteiger charge is -2.08. The molecule has 3 nitrogen and oxygen atoms in total. The molecule has 0 radical (unpaired) electrons. The van der Waals surface area contributed by atoms with Gasteiger partial charge in [-0.1, -0.05) is 49.0 Å². The summed E-state index contributed by atoms with van der Waals surface area (Å²) in [6.45, 7) is 5.52. The minimum Gasteiger partial charge on any atom is -0.507 e. The average Bonchev–Trinajstić information content (AvgIpc) is 2.52. The van der Waals surface area contributed by atoms with E-state index in [2.05, 4.69) is 6.58 Å².